The molecule has 8 heteroatoms. The Balaban J connectivity index is 1.25. The summed E-state index contributed by atoms with van der Waals surface area (Å²) in [6.45, 7) is 6.88. The summed E-state index contributed by atoms with van der Waals surface area (Å²) in [6.07, 6.45) is 8.59. The standard InChI is InChI=1S/C26H33Cl2N5O/c27-22-6-7-23(28)21(14-22)18-33-9-8-29-25-24(33)15-20(16-30-25)26(34)32-12-10-31(11-13-32)17-19-4-2-1-3-5-19/h6-7,14-16,19H,1-5,8-13,17-18H2,(H,29,30). The molecule has 0 spiro atoms. The number of hydrogen-bond donors (Lipinski definition) is 1. The minimum absolute atomic E-state index is 0.0685. The summed E-state index contributed by atoms with van der Waals surface area (Å²) in [5.41, 5.74) is 2.54. The van der Waals surface area contributed by atoms with Gasteiger partial charge in [-0.05, 0) is 48.6 Å². The molecule has 0 atom stereocenters. The van der Waals surface area contributed by atoms with Gasteiger partial charge in [-0.25, -0.2) is 4.98 Å². The fourth-order valence-corrected chi connectivity index (χ4v) is 5.83. The molecule has 0 radical (unpaired) electrons. The van der Waals surface area contributed by atoms with Crippen LogP contribution in [0, 0.1) is 5.92 Å². The number of halogens is 2. The van der Waals surface area contributed by atoms with E-state index >= 15 is 0 Å². The summed E-state index contributed by atoms with van der Waals surface area (Å²) in [7, 11) is 0. The van der Waals surface area contributed by atoms with E-state index in [-0.39, 0.29) is 5.91 Å². The Morgan fingerprint density at radius 2 is 1.82 bits per heavy atom. The van der Waals surface area contributed by atoms with E-state index in [0.717, 1.165) is 62.3 Å². The molecule has 182 valence electrons. The number of nitrogens with one attached hydrogen (secondary N) is 1. The van der Waals surface area contributed by atoms with Crippen molar-refractivity contribution in [3.8, 4) is 0 Å². The van der Waals surface area contributed by atoms with E-state index in [1.807, 2.05) is 23.1 Å². The Hall–Kier alpha value is -2.02. The number of carbonyl (C=O) groups is 1. The largest absolute Gasteiger partial charge is 0.367 e. The van der Waals surface area contributed by atoms with Crippen molar-refractivity contribution in [3.05, 3.63) is 51.6 Å². The zero-order valence-electron chi connectivity index (χ0n) is 19.6. The summed E-state index contributed by atoms with van der Waals surface area (Å²) >= 11 is 12.6. The van der Waals surface area contributed by atoms with Crippen LogP contribution in [0.15, 0.2) is 30.5 Å². The van der Waals surface area contributed by atoms with Crippen molar-refractivity contribution < 1.29 is 4.79 Å². The first-order valence-corrected chi connectivity index (χ1v) is 13.3. The van der Waals surface area contributed by atoms with Gasteiger partial charge in [0.25, 0.3) is 5.91 Å². The number of benzene rings is 1. The topological polar surface area (TPSA) is 51.7 Å². The minimum Gasteiger partial charge on any atom is -0.367 e. The predicted molar refractivity (Wildman–Crippen MR) is 139 cm³/mol. The first-order valence-electron chi connectivity index (χ1n) is 12.5. The lowest BCUT2D eigenvalue weighted by molar-refractivity contribution is 0.0606. The van der Waals surface area contributed by atoms with Crippen LogP contribution in [0.1, 0.15) is 48.0 Å². The molecule has 6 nitrogen and oxygen atoms in total. The first-order chi connectivity index (χ1) is 16.6. The van der Waals surface area contributed by atoms with Crippen LogP contribution in [0.5, 0.6) is 0 Å². The lowest BCUT2D eigenvalue weighted by Crippen LogP contribution is -2.50. The summed E-state index contributed by atoms with van der Waals surface area (Å²) in [6, 6.07) is 7.51. The summed E-state index contributed by atoms with van der Waals surface area (Å²) in [5.74, 6) is 1.71. The van der Waals surface area contributed by atoms with E-state index in [1.165, 1.54) is 38.6 Å². The number of anilines is 2. The summed E-state index contributed by atoms with van der Waals surface area (Å²) in [5, 5.41) is 4.71. The molecule has 0 unspecified atom stereocenters. The normalized spacial score (nSPS) is 19.6. The predicted octanol–water partition coefficient (Wildman–Crippen LogP) is 5.16. The molecule has 1 aliphatic carbocycles. The van der Waals surface area contributed by atoms with Crippen LogP contribution in [0.4, 0.5) is 11.5 Å². The third-order valence-corrected chi connectivity index (χ3v) is 8.00. The third kappa shape index (κ3) is 5.45. The van der Waals surface area contributed by atoms with Gasteiger partial charge < -0.3 is 15.1 Å². The van der Waals surface area contributed by atoms with Crippen molar-refractivity contribution in [1.82, 2.24) is 14.8 Å². The number of piperazine rings is 1. The molecule has 1 amide bonds. The average molecular weight is 502 g/mol. The lowest BCUT2D eigenvalue weighted by Gasteiger charge is -2.37. The molecule has 2 fully saturated rings. The quantitative estimate of drug-likeness (QED) is 0.613. The van der Waals surface area contributed by atoms with E-state index in [4.69, 9.17) is 23.2 Å². The fraction of sp³-hybridized carbons (Fsp3) is 0.538. The summed E-state index contributed by atoms with van der Waals surface area (Å²) in [4.78, 5) is 24.7. The van der Waals surface area contributed by atoms with Gasteiger partial charge in [-0.15, -0.1) is 0 Å². The molecule has 34 heavy (non-hydrogen) atoms. The second-order valence-corrected chi connectivity index (χ2v) is 10.6. The zero-order chi connectivity index (χ0) is 23.5. The number of hydrogen-bond acceptors (Lipinski definition) is 5. The van der Waals surface area contributed by atoms with Gasteiger partial charge in [0.1, 0.15) is 5.82 Å². The first kappa shape index (κ1) is 23.7. The minimum atomic E-state index is 0.0685. The zero-order valence-corrected chi connectivity index (χ0v) is 21.1. The van der Waals surface area contributed by atoms with Gasteiger partial charge in [-0.1, -0.05) is 42.5 Å². The van der Waals surface area contributed by atoms with E-state index in [2.05, 4.69) is 20.1 Å². The lowest BCUT2D eigenvalue weighted by atomic mass is 9.89. The Bertz CT molecular complexity index is 1020. The number of aromatic nitrogens is 1. The van der Waals surface area contributed by atoms with Crippen molar-refractivity contribution >= 4 is 40.6 Å². The van der Waals surface area contributed by atoms with Crippen LogP contribution < -0.4 is 10.2 Å². The number of carbonyl (C=O) groups excluding carboxylic acids is 1. The smallest absolute Gasteiger partial charge is 0.255 e. The van der Waals surface area contributed by atoms with Crippen LogP contribution in [0.2, 0.25) is 10.0 Å². The SMILES string of the molecule is O=C(c1cnc2c(c1)N(Cc1cc(Cl)ccc1Cl)CCN2)N1CCN(CC2CCCCC2)CC1. The Morgan fingerprint density at radius 1 is 1.03 bits per heavy atom. The van der Waals surface area contributed by atoms with E-state index in [9.17, 15) is 4.79 Å². The van der Waals surface area contributed by atoms with E-state index < -0.39 is 0 Å². The molecule has 1 aromatic carbocycles. The second kappa shape index (κ2) is 10.7. The van der Waals surface area contributed by atoms with Crippen molar-refractivity contribution in [2.75, 3.05) is 56.0 Å². The Labute approximate surface area is 212 Å². The maximum Gasteiger partial charge on any atom is 0.255 e. The molecule has 1 N–H and O–H groups in total. The molecule has 3 aliphatic rings. The molecule has 2 aromatic rings. The van der Waals surface area contributed by atoms with Gasteiger partial charge in [0.2, 0.25) is 0 Å². The fourth-order valence-electron chi connectivity index (χ4n) is 5.46. The average Bonchev–Trinajstić information content (AvgIpc) is 2.87. The number of nitrogens with zero attached hydrogens (tertiary/aromatic N) is 4. The Kier molecular flexibility index (Phi) is 7.47. The molecule has 1 saturated carbocycles. The molecular weight excluding hydrogens is 469 g/mol. The molecule has 1 saturated heterocycles. The van der Waals surface area contributed by atoms with Gasteiger partial charge in [-0.3, -0.25) is 9.69 Å². The van der Waals surface area contributed by atoms with Crippen LogP contribution >= 0.6 is 23.2 Å². The number of amides is 1. The van der Waals surface area contributed by atoms with E-state index in [1.54, 1.807) is 12.3 Å². The van der Waals surface area contributed by atoms with Gasteiger partial charge >= 0.3 is 0 Å². The van der Waals surface area contributed by atoms with Crippen LogP contribution in [-0.2, 0) is 6.54 Å². The Morgan fingerprint density at radius 3 is 2.62 bits per heavy atom. The van der Waals surface area contributed by atoms with Gasteiger partial charge in [0.15, 0.2) is 0 Å². The molecule has 5 rings (SSSR count). The number of fused-ring (bicyclic) bond motifs is 1. The molecule has 1 aromatic heterocycles. The van der Waals surface area contributed by atoms with Crippen molar-refractivity contribution in [3.63, 3.8) is 0 Å². The van der Waals surface area contributed by atoms with Gasteiger partial charge in [0.05, 0.1) is 11.3 Å². The van der Waals surface area contributed by atoms with Gasteiger partial charge in [-0.2, -0.15) is 0 Å². The van der Waals surface area contributed by atoms with Crippen LogP contribution in [0.3, 0.4) is 0 Å². The van der Waals surface area contributed by atoms with Crippen LogP contribution in [-0.4, -0.2) is 66.5 Å². The number of pyridine rings is 1. The summed E-state index contributed by atoms with van der Waals surface area (Å²) < 4.78 is 0. The highest BCUT2D eigenvalue weighted by atomic mass is 35.5. The van der Waals surface area contributed by atoms with Crippen molar-refractivity contribution in [2.45, 2.75) is 38.6 Å². The highest BCUT2D eigenvalue weighted by Crippen LogP contribution is 2.32. The monoisotopic (exact) mass is 501 g/mol. The molecular formula is C26H33Cl2N5O. The number of rotatable bonds is 5. The van der Waals surface area contributed by atoms with Crippen molar-refractivity contribution in [2.24, 2.45) is 5.92 Å². The van der Waals surface area contributed by atoms with Gasteiger partial charge in [0, 0.05) is 68.6 Å². The third-order valence-electron chi connectivity index (χ3n) is 7.40. The molecule has 0 bridgehead atoms. The maximum absolute atomic E-state index is 13.3. The van der Waals surface area contributed by atoms with Crippen molar-refractivity contribution in [1.29, 1.82) is 0 Å². The molecule has 3 heterocycles. The highest BCUT2D eigenvalue weighted by molar-refractivity contribution is 6.33. The van der Waals surface area contributed by atoms with Crippen LogP contribution in [0.25, 0.3) is 0 Å². The molecule has 2 aliphatic heterocycles. The second-order valence-electron chi connectivity index (χ2n) is 9.77. The maximum atomic E-state index is 13.3. The van der Waals surface area contributed by atoms with E-state index in [0.29, 0.717) is 22.2 Å². The highest BCUT2D eigenvalue weighted by Gasteiger charge is 2.27.